The predicted octanol–water partition coefficient (Wildman–Crippen LogP) is 1.84. The molecule has 0 spiro atoms. The molecule has 3 rings (SSSR count). The fourth-order valence-electron chi connectivity index (χ4n) is 2.43. The topological polar surface area (TPSA) is 96.4 Å². The van der Waals surface area contributed by atoms with Crippen LogP contribution in [0.15, 0.2) is 47.5 Å². The second-order valence-corrected chi connectivity index (χ2v) is 7.12. The van der Waals surface area contributed by atoms with Crippen molar-refractivity contribution in [3.8, 4) is 0 Å². The average Bonchev–Trinajstić information content (AvgIpc) is 2.86. The highest BCUT2D eigenvalue weighted by Crippen LogP contribution is 2.24. The Morgan fingerprint density at radius 3 is 2.25 bits per heavy atom. The van der Waals surface area contributed by atoms with Crippen molar-refractivity contribution < 1.29 is 18.0 Å². The number of nitrogens with one attached hydrogen (secondary N) is 1. The number of imide groups is 1. The molecule has 2 amide bonds. The van der Waals surface area contributed by atoms with Gasteiger partial charge < -0.3 is 0 Å². The Morgan fingerprint density at radius 1 is 1.04 bits per heavy atom. The van der Waals surface area contributed by atoms with Gasteiger partial charge in [-0.2, -0.15) is 0 Å². The van der Waals surface area contributed by atoms with Gasteiger partial charge in [0, 0.05) is 19.0 Å². The van der Waals surface area contributed by atoms with Gasteiger partial charge in [0.25, 0.3) is 10.0 Å². The number of benzene rings is 1. The molecule has 24 heavy (non-hydrogen) atoms. The molecule has 0 bridgehead atoms. The first kappa shape index (κ1) is 16.1. The monoisotopic (exact) mass is 345 g/mol. The molecule has 0 atom stereocenters. The maximum Gasteiger partial charge on any atom is 0.263 e. The quantitative estimate of drug-likeness (QED) is 0.853. The zero-order valence-corrected chi connectivity index (χ0v) is 13.7. The van der Waals surface area contributed by atoms with Crippen LogP contribution in [0.25, 0.3) is 0 Å². The van der Waals surface area contributed by atoms with Crippen LogP contribution in [-0.2, 0) is 19.6 Å². The van der Waals surface area contributed by atoms with E-state index in [0.29, 0.717) is 5.69 Å². The highest BCUT2D eigenvalue weighted by Gasteiger charge is 2.30. The minimum atomic E-state index is -3.80. The number of hydrogen-bond acceptors (Lipinski definition) is 5. The van der Waals surface area contributed by atoms with Crippen molar-refractivity contribution in [2.75, 3.05) is 9.62 Å². The van der Waals surface area contributed by atoms with Crippen LogP contribution in [0.5, 0.6) is 0 Å². The molecule has 1 aromatic carbocycles. The Labute approximate surface area is 139 Å². The molecule has 124 valence electrons. The lowest BCUT2D eigenvalue weighted by atomic mass is 10.3. The molecule has 1 saturated heterocycles. The predicted molar refractivity (Wildman–Crippen MR) is 88.0 cm³/mol. The molecule has 7 nitrogen and oxygen atoms in total. The summed E-state index contributed by atoms with van der Waals surface area (Å²) in [5, 5.41) is 0. The molecule has 1 aliphatic heterocycles. The molecule has 0 aliphatic carbocycles. The highest BCUT2D eigenvalue weighted by atomic mass is 32.2. The van der Waals surface area contributed by atoms with Crippen molar-refractivity contribution in [1.29, 1.82) is 0 Å². The van der Waals surface area contributed by atoms with Gasteiger partial charge in [-0.1, -0.05) is 0 Å². The lowest BCUT2D eigenvalue weighted by Crippen LogP contribution is -2.28. The average molecular weight is 345 g/mol. The standard InChI is InChI=1S/C16H15N3O4S/c1-11-8-9-17-14(10-11)18-24(22,23)13-4-2-12(3-5-13)19-15(20)6-7-16(19)21/h2-5,8-10H,6-7H2,1H3,(H,17,18). The van der Waals surface area contributed by atoms with Crippen molar-refractivity contribution in [3.05, 3.63) is 48.2 Å². The van der Waals surface area contributed by atoms with Gasteiger partial charge in [-0.15, -0.1) is 0 Å². The van der Waals surface area contributed by atoms with Crippen LogP contribution in [0.2, 0.25) is 0 Å². The summed E-state index contributed by atoms with van der Waals surface area (Å²) >= 11 is 0. The number of pyridine rings is 1. The lowest BCUT2D eigenvalue weighted by Gasteiger charge is -2.14. The number of amides is 2. The Morgan fingerprint density at radius 2 is 1.67 bits per heavy atom. The fourth-order valence-corrected chi connectivity index (χ4v) is 3.43. The maximum absolute atomic E-state index is 12.4. The summed E-state index contributed by atoms with van der Waals surface area (Å²) in [5.41, 5.74) is 1.25. The SMILES string of the molecule is Cc1ccnc(NS(=O)(=O)c2ccc(N3C(=O)CCC3=O)cc2)c1. The van der Waals surface area contributed by atoms with E-state index in [0.717, 1.165) is 10.5 Å². The molecule has 0 radical (unpaired) electrons. The third-order valence-electron chi connectivity index (χ3n) is 3.61. The van der Waals surface area contributed by atoms with E-state index in [1.165, 1.54) is 30.5 Å². The Kier molecular flexibility index (Phi) is 4.06. The molecule has 0 saturated carbocycles. The summed E-state index contributed by atoms with van der Waals surface area (Å²) < 4.78 is 27.1. The van der Waals surface area contributed by atoms with Crippen molar-refractivity contribution in [1.82, 2.24) is 4.98 Å². The number of nitrogens with zero attached hydrogens (tertiary/aromatic N) is 2. The molecular formula is C16H15N3O4S. The number of carbonyl (C=O) groups excluding carboxylic acids is 2. The smallest absolute Gasteiger partial charge is 0.263 e. The zero-order valence-electron chi connectivity index (χ0n) is 12.9. The first-order valence-electron chi connectivity index (χ1n) is 7.28. The van der Waals surface area contributed by atoms with Crippen molar-refractivity contribution in [3.63, 3.8) is 0 Å². The Hall–Kier alpha value is -2.74. The van der Waals surface area contributed by atoms with Gasteiger partial charge in [0.2, 0.25) is 11.8 Å². The minimum absolute atomic E-state index is 0.0219. The number of aromatic nitrogens is 1. The fraction of sp³-hybridized carbons (Fsp3) is 0.188. The zero-order chi connectivity index (χ0) is 17.3. The summed E-state index contributed by atoms with van der Waals surface area (Å²) in [5.74, 6) is -0.334. The van der Waals surface area contributed by atoms with Gasteiger partial charge in [-0.25, -0.2) is 13.4 Å². The number of carbonyl (C=O) groups is 2. The molecule has 1 fully saturated rings. The van der Waals surface area contributed by atoms with Crippen LogP contribution in [0.3, 0.4) is 0 Å². The summed E-state index contributed by atoms with van der Waals surface area (Å²) in [6.45, 7) is 1.83. The first-order chi connectivity index (χ1) is 11.4. The summed E-state index contributed by atoms with van der Waals surface area (Å²) in [6.07, 6.45) is 1.87. The van der Waals surface area contributed by atoms with Crippen LogP contribution < -0.4 is 9.62 Å². The van der Waals surface area contributed by atoms with E-state index in [2.05, 4.69) is 9.71 Å². The molecule has 1 aliphatic rings. The van der Waals surface area contributed by atoms with E-state index in [9.17, 15) is 18.0 Å². The van der Waals surface area contributed by atoms with Crippen LogP contribution >= 0.6 is 0 Å². The number of hydrogen-bond donors (Lipinski definition) is 1. The first-order valence-corrected chi connectivity index (χ1v) is 8.76. The summed E-state index contributed by atoms with van der Waals surface area (Å²) in [4.78, 5) is 28.5. The Balaban J connectivity index is 1.84. The molecule has 2 heterocycles. The number of aryl methyl sites for hydroxylation is 1. The maximum atomic E-state index is 12.4. The van der Waals surface area contributed by atoms with Crippen molar-refractivity contribution in [2.24, 2.45) is 0 Å². The van der Waals surface area contributed by atoms with Gasteiger partial charge in [0.15, 0.2) is 0 Å². The molecule has 0 unspecified atom stereocenters. The number of rotatable bonds is 4. The molecule has 1 N–H and O–H groups in total. The molecule has 8 heteroatoms. The largest absolute Gasteiger partial charge is 0.274 e. The molecule has 2 aromatic rings. The normalized spacial score (nSPS) is 15.0. The van der Waals surface area contributed by atoms with Crippen molar-refractivity contribution >= 4 is 33.3 Å². The lowest BCUT2D eigenvalue weighted by molar-refractivity contribution is -0.121. The third-order valence-corrected chi connectivity index (χ3v) is 4.98. The van der Waals surface area contributed by atoms with E-state index >= 15 is 0 Å². The van der Waals surface area contributed by atoms with E-state index in [1.54, 1.807) is 12.1 Å². The van der Waals surface area contributed by atoms with Crippen LogP contribution in [0.4, 0.5) is 11.5 Å². The number of sulfonamides is 1. The number of anilines is 2. The second kappa shape index (κ2) is 6.04. The van der Waals surface area contributed by atoms with E-state index in [1.807, 2.05) is 6.92 Å². The molecular weight excluding hydrogens is 330 g/mol. The summed E-state index contributed by atoms with van der Waals surface area (Å²) in [6, 6.07) is 8.97. The Bertz CT molecular complexity index is 891. The van der Waals surface area contributed by atoms with Crippen molar-refractivity contribution in [2.45, 2.75) is 24.7 Å². The van der Waals surface area contributed by atoms with Gasteiger partial charge in [-0.3, -0.25) is 19.2 Å². The third kappa shape index (κ3) is 3.13. The van der Waals surface area contributed by atoms with Gasteiger partial charge in [0.05, 0.1) is 10.6 Å². The van der Waals surface area contributed by atoms with Crippen LogP contribution in [0, 0.1) is 6.92 Å². The van der Waals surface area contributed by atoms with Gasteiger partial charge >= 0.3 is 0 Å². The van der Waals surface area contributed by atoms with Crippen LogP contribution in [-0.4, -0.2) is 25.2 Å². The van der Waals surface area contributed by atoms with Gasteiger partial charge in [-0.05, 0) is 48.9 Å². The summed E-state index contributed by atoms with van der Waals surface area (Å²) in [7, 11) is -3.80. The van der Waals surface area contributed by atoms with Crippen LogP contribution in [0.1, 0.15) is 18.4 Å². The van der Waals surface area contributed by atoms with E-state index < -0.39 is 10.0 Å². The van der Waals surface area contributed by atoms with E-state index in [4.69, 9.17) is 0 Å². The minimum Gasteiger partial charge on any atom is -0.274 e. The second-order valence-electron chi connectivity index (χ2n) is 5.44. The molecule has 1 aromatic heterocycles. The van der Waals surface area contributed by atoms with E-state index in [-0.39, 0.29) is 35.4 Å². The van der Waals surface area contributed by atoms with Gasteiger partial charge in [0.1, 0.15) is 5.82 Å². The highest BCUT2D eigenvalue weighted by molar-refractivity contribution is 7.92.